The summed E-state index contributed by atoms with van der Waals surface area (Å²) in [5.74, 6) is 1.13. The Morgan fingerprint density at radius 3 is 2.70 bits per heavy atom. The van der Waals surface area contributed by atoms with Crippen LogP contribution in [-0.4, -0.2) is 55.8 Å². The highest BCUT2D eigenvalue weighted by atomic mass is 35.5. The van der Waals surface area contributed by atoms with E-state index in [1.54, 1.807) is 0 Å². The highest BCUT2D eigenvalue weighted by Gasteiger charge is 2.20. The lowest BCUT2D eigenvalue weighted by atomic mass is 10.1. The Bertz CT molecular complexity index is 1040. The summed E-state index contributed by atoms with van der Waals surface area (Å²) in [6, 6.07) is 13.2. The van der Waals surface area contributed by atoms with Gasteiger partial charge in [-0.15, -0.1) is 23.7 Å². The monoisotopic (exact) mass is 441 g/mol. The van der Waals surface area contributed by atoms with Gasteiger partial charge in [-0.25, -0.2) is 4.98 Å². The molecule has 158 valence electrons. The molecule has 2 aromatic heterocycles. The second-order valence-electron chi connectivity index (χ2n) is 7.73. The van der Waals surface area contributed by atoms with Crippen LogP contribution in [0.2, 0.25) is 0 Å². The summed E-state index contributed by atoms with van der Waals surface area (Å²) in [6.07, 6.45) is 3.21. The van der Waals surface area contributed by atoms with Crippen LogP contribution in [0.25, 0.3) is 27.6 Å². The van der Waals surface area contributed by atoms with Crippen LogP contribution < -0.4 is 4.90 Å². The van der Waals surface area contributed by atoms with Crippen molar-refractivity contribution in [3.8, 4) is 11.3 Å². The van der Waals surface area contributed by atoms with Crippen LogP contribution in [0, 0.1) is 0 Å². The summed E-state index contributed by atoms with van der Waals surface area (Å²) in [5.41, 5.74) is 3.70. The molecule has 1 fully saturated rings. The Hall–Kier alpha value is -1.92. The summed E-state index contributed by atoms with van der Waals surface area (Å²) in [7, 11) is 0. The number of nitrogens with zero attached hydrogens (tertiary/aromatic N) is 3. The van der Waals surface area contributed by atoms with Crippen LogP contribution in [-0.2, 0) is 4.74 Å². The van der Waals surface area contributed by atoms with Gasteiger partial charge in [0.25, 0.3) is 0 Å². The van der Waals surface area contributed by atoms with Gasteiger partial charge in [0.1, 0.15) is 5.82 Å². The molecule has 1 saturated heterocycles. The molecule has 0 radical (unpaired) electrons. The predicted octanol–water partition coefficient (Wildman–Crippen LogP) is 5.33. The van der Waals surface area contributed by atoms with E-state index in [-0.39, 0.29) is 12.4 Å². The molecule has 1 aromatic carbocycles. The summed E-state index contributed by atoms with van der Waals surface area (Å²) in [4.78, 5) is 11.5. The van der Waals surface area contributed by atoms with Crippen molar-refractivity contribution < 1.29 is 4.74 Å². The molecule has 4 nitrogen and oxygen atoms in total. The topological polar surface area (TPSA) is 28.6 Å². The number of ether oxygens (including phenoxy) is 1. The first-order valence-corrected chi connectivity index (χ1v) is 11.4. The van der Waals surface area contributed by atoms with Gasteiger partial charge in [0, 0.05) is 47.4 Å². The zero-order valence-corrected chi connectivity index (χ0v) is 19.0. The Morgan fingerprint density at radius 2 is 1.93 bits per heavy atom. The molecule has 2 aliphatic heterocycles. The van der Waals surface area contributed by atoms with Gasteiger partial charge in [-0.2, -0.15) is 0 Å². The molecule has 0 amide bonds. The number of fused-ring (bicyclic) bond motifs is 1. The standard InChI is InChI=1S/C24H27N3OS.ClH/c1-2-26-9-11-27(12-10-26)24-21-6-4-3-5-19(21)15-22(25-24)20-16-23(29-17-20)18-7-13-28-14-8-18;/h3-7,15-17H,2,8-14H2,1H3;1H. The van der Waals surface area contributed by atoms with Gasteiger partial charge >= 0.3 is 0 Å². The highest BCUT2D eigenvalue weighted by molar-refractivity contribution is 7.11. The molecule has 0 aliphatic carbocycles. The average molecular weight is 442 g/mol. The number of benzene rings is 1. The number of thiophene rings is 1. The number of hydrogen-bond acceptors (Lipinski definition) is 5. The van der Waals surface area contributed by atoms with Crippen molar-refractivity contribution >= 4 is 45.9 Å². The molecule has 0 saturated carbocycles. The third kappa shape index (κ3) is 4.26. The molecule has 4 heterocycles. The van der Waals surface area contributed by atoms with Gasteiger partial charge in [0.15, 0.2) is 0 Å². The number of halogens is 1. The van der Waals surface area contributed by atoms with Crippen molar-refractivity contribution in [1.29, 1.82) is 0 Å². The number of piperazine rings is 1. The van der Waals surface area contributed by atoms with Crippen molar-refractivity contribution in [2.45, 2.75) is 13.3 Å². The number of likely N-dealkylation sites (N-methyl/N-ethyl adjacent to an activating group) is 1. The minimum absolute atomic E-state index is 0. The smallest absolute Gasteiger partial charge is 0.137 e. The van der Waals surface area contributed by atoms with E-state index in [9.17, 15) is 0 Å². The minimum atomic E-state index is 0. The summed E-state index contributed by atoms with van der Waals surface area (Å²) in [6.45, 7) is 9.20. The molecule has 2 aliphatic rings. The first kappa shape index (κ1) is 21.3. The number of aromatic nitrogens is 1. The van der Waals surface area contributed by atoms with Crippen LogP contribution in [0.4, 0.5) is 5.82 Å². The first-order valence-electron chi connectivity index (χ1n) is 10.5. The number of pyridine rings is 1. The zero-order valence-electron chi connectivity index (χ0n) is 17.3. The number of rotatable bonds is 4. The normalized spacial score (nSPS) is 17.6. The molecule has 0 atom stereocenters. The van der Waals surface area contributed by atoms with E-state index < -0.39 is 0 Å². The zero-order chi connectivity index (χ0) is 19.6. The van der Waals surface area contributed by atoms with Gasteiger partial charge in [-0.05, 0) is 36.1 Å². The lowest BCUT2D eigenvalue weighted by Crippen LogP contribution is -2.46. The van der Waals surface area contributed by atoms with E-state index in [1.165, 1.54) is 26.8 Å². The van der Waals surface area contributed by atoms with E-state index in [1.807, 2.05) is 11.3 Å². The van der Waals surface area contributed by atoms with Gasteiger partial charge in [-0.1, -0.05) is 37.3 Å². The fraction of sp³-hybridized carbons (Fsp3) is 0.375. The first-order chi connectivity index (χ1) is 14.3. The predicted molar refractivity (Wildman–Crippen MR) is 130 cm³/mol. The van der Waals surface area contributed by atoms with E-state index in [4.69, 9.17) is 9.72 Å². The second-order valence-corrected chi connectivity index (χ2v) is 8.64. The summed E-state index contributed by atoms with van der Waals surface area (Å²) < 4.78 is 5.47. The largest absolute Gasteiger partial charge is 0.377 e. The van der Waals surface area contributed by atoms with Gasteiger partial charge < -0.3 is 14.5 Å². The summed E-state index contributed by atoms with van der Waals surface area (Å²) in [5, 5.41) is 4.77. The fourth-order valence-corrected chi connectivity index (χ4v) is 5.21. The van der Waals surface area contributed by atoms with Crippen molar-refractivity contribution in [3.05, 3.63) is 52.7 Å². The van der Waals surface area contributed by atoms with Crippen molar-refractivity contribution in [1.82, 2.24) is 9.88 Å². The lowest BCUT2D eigenvalue weighted by Gasteiger charge is -2.35. The Kier molecular flexibility index (Phi) is 6.74. The van der Waals surface area contributed by atoms with E-state index >= 15 is 0 Å². The van der Waals surface area contributed by atoms with Gasteiger partial charge in [0.2, 0.25) is 0 Å². The van der Waals surface area contributed by atoms with E-state index in [0.717, 1.165) is 63.9 Å². The van der Waals surface area contributed by atoms with E-state index in [0.29, 0.717) is 0 Å². The Labute approximate surface area is 188 Å². The molecular formula is C24H28ClN3OS. The molecule has 3 aromatic rings. The lowest BCUT2D eigenvalue weighted by molar-refractivity contribution is 0.161. The van der Waals surface area contributed by atoms with Gasteiger partial charge in [0.05, 0.1) is 18.9 Å². The molecule has 6 heteroatoms. The van der Waals surface area contributed by atoms with Crippen LogP contribution >= 0.6 is 23.7 Å². The van der Waals surface area contributed by atoms with Crippen molar-refractivity contribution in [2.75, 3.05) is 50.8 Å². The fourth-order valence-electron chi connectivity index (χ4n) is 4.24. The van der Waals surface area contributed by atoms with Crippen LogP contribution in [0.5, 0.6) is 0 Å². The quantitative estimate of drug-likeness (QED) is 0.547. The van der Waals surface area contributed by atoms with Crippen LogP contribution in [0.15, 0.2) is 47.9 Å². The van der Waals surface area contributed by atoms with Crippen molar-refractivity contribution in [3.63, 3.8) is 0 Å². The van der Waals surface area contributed by atoms with E-state index in [2.05, 4.69) is 64.6 Å². The molecule has 5 rings (SSSR count). The van der Waals surface area contributed by atoms with Crippen molar-refractivity contribution in [2.24, 2.45) is 0 Å². The average Bonchev–Trinajstić information content (AvgIpc) is 3.29. The second kappa shape index (κ2) is 9.48. The van der Waals surface area contributed by atoms with Crippen LogP contribution in [0.3, 0.4) is 0 Å². The molecule has 0 bridgehead atoms. The number of anilines is 1. The highest BCUT2D eigenvalue weighted by Crippen LogP contribution is 2.35. The molecule has 30 heavy (non-hydrogen) atoms. The summed E-state index contributed by atoms with van der Waals surface area (Å²) >= 11 is 1.82. The Balaban J connectivity index is 0.00000218. The van der Waals surface area contributed by atoms with Gasteiger partial charge in [-0.3, -0.25) is 0 Å². The third-order valence-corrected chi connectivity index (χ3v) is 7.02. The van der Waals surface area contributed by atoms with Crippen LogP contribution in [0.1, 0.15) is 18.2 Å². The molecule has 0 spiro atoms. The maximum atomic E-state index is 5.47. The molecule has 0 unspecified atom stereocenters. The SMILES string of the molecule is CCN1CCN(c2nc(-c3csc(C4=CCOCC4)c3)cc3ccccc23)CC1.Cl. The number of hydrogen-bond donors (Lipinski definition) is 0. The Morgan fingerprint density at radius 1 is 1.10 bits per heavy atom. The molecule has 0 N–H and O–H groups in total. The maximum Gasteiger partial charge on any atom is 0.137 e. The third-order valence-electron chi connectivity index (χ3n) is 6.01. The maximum absolute atomic E-state index is 5.47. The minimum Gasteiger partial charge on any atom is -0.377 e. The molecular weight excluding hydrogens is 414 g/mol.